The molecule has 1 amide bonds. The summed E-state index contributed by atoms with van der Waals surface area (Å²) in [5, 5.41) is 10.6. The lowest BCUT2D eigenvalue weighted by Gasteiger charge is -2.30. The molecule has 166 valence electrons. The van der Waals surface area contributed by atoms with Gasteiger partial charge in [0, 0.05) is 9.90 Å². The Labute approximate surface area is 205 Å². The fourth-order valence-electron chi connectivity index (χ4n) is 3.63. The highest BCUT2D eigenvalue weighted by Gasteiger charge is 2.31. The zero-order chi connectivity index (χ0) is 23.5. The van der Waals surface area contributed by atoms with E-state index in [2.05, 4.69) is 0 Å². The lowest BCUT2D eigenvalue weighted by Crippen LogP contribution is -2.34. The van der Waals surface area contributed by atoms with Crippen LogP contribution in [0, 0.1) is 0 Å². The second-order valence-electron chi connectivity index (χ2n) is 7.38. The number of benzene rings is 3. The number of carbonyl (C=O) groups excluding carboxylic acids is 1. The van der Waals surface area contributed by atoms with E-state index >= 15 is 0 Å². The van der Waals surface area contributed by atoms with Crippen molar-refractivity contribution in [3.63, 3.8) is 0 Å². The van der Waals surface area contributed by atoms with E-state index in [1.807, 2.05) is 67.6 Å². The molecule has 1 aromatic heterocycles. The summed E-state index contributed by atoms with van der Waals surface area (Å²) in [5.74, 6) is -1.51. The molecule has 4 rings (SSSR count). The molecule has 0 spiro atoms. The van der Waals surface area contributed by atoms with E-state index in [1.165, 1.54) is 11.0 Å². The second kappa shape index (κ2) is 9.79. The Morgan fingerprint density at radius 2 is 1.55 bits per heavy atom. The van der Waals surface area contributed by atoms with Crippen LogP contribution in [-0.4, -0.2) is 17.0 Å². The van der Waals surface area contributed by atoms with Crippen LogP contribution in [0.5, 0.6) is 0 Å². The maximum absolute atomic E-state index is 13.8. The molecular formula is C26H19Cl2NO3S. The van der Waals surface area contributed by atoms with Gasteiger partial charge in [-0.3, -0.25) is 9.69 Å². The summed E-state index contributed by atoms with van der Waals surface area (Å²) in [7, 11) is 0. The first-order valence-electron chi connectivity index (χ1n) is 10.1. The van der Waals surface area contributed by atoms with Gasteiger partial charge in [-0.15, -0.1) is 11.3 Å². The Morgan fingerprint density at radius 3 is 2.15 bits per heavy atom. The van der Waals surface area contributed by atoms with Gasteiger partial charge in [-0.2, -0.15) is 0 Å². The normalized spacial score (nSPS) is 11.7. The highest BCUT2D eigenvalue weighted by molar-refractivity contribution is 7.18. The summed E-state index contributed by atoms with van der Waals surface area (Å²) in [6.07, 6.45) is 0. The van der Waals surface area contributed by atoms with Crippen LogP contribution in [0.4, 0.5) is 5.69 Å². The van der Waals surface area contributed by atoms with Crippen molar-refractivity contribution >= 4 is 52.1 Å². The molecule has 0 saturated heterocycles. The zero-order valence-corrected chi connectivity index (χ0v) is 19.9. The Balaban J connectivity index is 1.90. The summed E-state index contributed by atoms with van der Waals surface area (Å²) in [6.45, 7) is 1.86. The molecule has 0 fully saturated rings. The first kappa shape index (κ1) is 23.1. The van der Waals surface area contributed by atoms with E-state index in [-0.39, 0.29) is 15.5 Å². The van der Waals surface area contributed by atoms with Crippen molar-refractivity contribution in [1.29, 1.82) is 0 Å². The average molecular weight is 496 g/mol. The number of thiophene rings is 1. The lowest BCUT2D eigenvalue weighted by molar-refractivity contribution is 0.0703. The molecule has 0 saturated carbocycles. The number of halogens is 2. The van der Waals surface area contributed by atoms with Crippen LogP contribution >= 0.6 is 34.5 Å². The van der Waals surface area contributed by atoms with E-state index in [4.69, 9.17) is 23.2 Å². The number of hydrogen-bond acceptors (Lipinski definition) is 3. The molecule has 4 nitrogen and oxygen atoms in total. The molecule has 1 heterocycles. The van der Waals surface area contributed by atoms with Crippen molar-refractivity contribution in [1.82, 2.24) is 0 Å². The minimum absolute atomic E-state index is 0.0788. The number of carboxylic acid groups (broad SMARTS) is 1. The number of anilines is 1. The molecular weight excluding hydrogens is 477 g/mol. The number of carboxylic acids is 1. The Bertz CT molecular complexity index is 1310. The topological polar surface area (TPSA) is 57.6 Å². The van der Waals surface area contributed by atoms with Crippen molar-refractivity contribution in [3.8, 4) is 10.4 Å². The van der Waals surface area contributed by atoms with E-state index < -0.39 is 17.9 Å². The molecule has 0 aliphatic carbocycles. The van der Waals surface area contributed by atoms with E-state index in [9.17, 15) is 14.7 Å². The van der Waals surface area contributed by atoms with Crippen LogP contribution in [0.2, 0.25) is 10.0 Å². The first-order valence-corrected chi connectivity index (χ1v) is 11.7. The second-order valence-corrected chi connectivity index (χ2v) is 9.28. The van der Waals surface area contributed by atoms with Gasteiger partial charge in [0.2, 0.25) is 0 Å². The maximum atomic E-state index is 13.8. The van der Waals surface area contributed by atoms with Crippen LogP contribution in [0.25, 0.3) is 10.4 Å². The van der Waals surface area contributed by atoms with Crippen LogP contribution < -0.4 is 4.90 Å². The zero-order valence-electron chi connectivity index (χ0n) is 17.5. The van der Waals surface area contributed by atoms with Crippen molar-refractivity contribution in [2.45, 2.75) is 13.0 Å². The minimum atomic E-state index is -1.10. The molecule has 1 atom stereocenters. The molecule has 33 heavy (non-hydrogen) atoms. The van der Waals surface area contributed by atoms with Gasteiger partial charge in [0.05, 0.1) is 22.3 Å². The van der Waals surface area contributed by atoms with Crippen LogP contribution in [-0.2, 0) is 0 Å². The number of nitrogens with zero attached hydrogens (tertiary/aromatic N) is 1. The maximum Gasteiger partial charge on any atom is 0.348 e. The third kappa shape index (κ3) is 4.81. The molecule has 0 aliphatic rings. The summed E-state index contributed by atoms with van der Waals surface area (Å²) in [6, 6.07) is 24.9. The largest absolute Gasteiger partial charge is 0.477 e. The van der Waals surface area contributed by atoms with E-state index in [0.29, 0.717) is 10.7 Å². The van der Waals surface area contributed by atoms with Gasteiger partial charge < -0.3 is 5.11 Å². The van der Waals surface area contributed by atoms with Crippen LogP contribution in [0.15, 0.2) is 84.9 Å². The Hall–Kier alpha value is -3.12. The van der Waals surface area contributed by atoms with Gasteiger partial charge in [0.25, 0.3) is 5.91 Å². The van der Waals surface area contributed by atoms with Crippen molar-refractivity contribution < 1.29 is 14.7 Å². The van der Waals surface area contributed by atoms with Crippen LogP contribution in [0.3, 0.4) is 0 Å². The SMILES string of the molecule is CC(c1ccccc1)N(C(=O)c1ccc(Cl)cc1Cl)c1cc(-c2ccccc2)sc1C(=O)O. The molecule has 1 unspecified atom stereocenters. The van der Waals surface area contributed by atoms with E-state index in [1.54, 1.807) is 18.2 Å². The van der Waals surface area contributed by atoms with Gasteiger partial charge >= 0.3 is 5.97 Å². The van der Waals surface area contributed by atoms with Gasteiger partial charge in [0.1, 0.15) is 4.88 Å². The number of amides is 1. The van der Waals surface area contributed by atoms with Gasteiger partial charge in [0.15, 0.2) is 0 Å². The highest BCUT2D eigenvalue weighted by atomic mass is 35.5. The third-order valence-corrected chi connectivity index (χ3v) is 6.98. The standard InChI is InChI=1S/C26H19Cl2NO3S/c1-16(17-8-4-2-5-9-17)29(25(30)20-13-12-19(27)14-21(20)28)22-15-23(33-24(22)26(31)32)18-10-6-3-7-11-18/h2-16H,1H3,(H,31,32). The van der Waals surface area contributed by atoms with Crippen molar-refractivity contribution in [2.24, 2.45) is 0 Å². The molecule has 0 radical (unpaired) electrons. The Morgan fingerprint density at radius 1 is 0.909 bits per heavy atom. The van der Waals surface area contributed by atoms with E-state index in [0.717, 1.165) is 27.3 Å². The summed E-state index contributed by atoms with van der Waals surface area (Å²) in [5.41, 5.74) is 2.30. The monoisotopic (exact) mass is 495 g/mol. The summed E-state index contributed by atoms with van der Waals surface area (Å²) < 4.78 is 0. The van der Waals surface area contributed by atoms with Gasteiger partial charge in [-0.25, -0.2) is 4.79 Å². The molecule has 0 aliphatic heterocycles. The first-order chi connectivity index (χ1) is 15.9. The van der Waals surface area contributed by atoms with Crippen molar-refractivity contribution in [3.05, 3.63) is 111 Å². The average Bonchev–Trinajstić information content (AvgIpc) is 3.25. The number of rotatable bonds is 6. The molecule has 4 aromatic rings. The fraction of sp³-hybridized carbons (Fsp3) is 0.0769. The highest BCUT2D eigenvalue weighted by Crippen LogP contribution is 2.41. The molecule has 3 aromatic carbocycles. The fourth-order valence-corrected chi connectivity index (χ4v) is 5.11. The van der Waals surface area contributed by atoms with Gasteiger partial charge in [-0.05, 0) is 42.3 Å². The Kier molecular flexibility index (Phi) is 6.84. The molecule has 1 N–H and O–H groups in total. The van der Waals surface area contributed by atoms with Crippen molar-refractivity contribution in [2.75, 3.05) is 4.90 Å². The number of carbonyl (C=O) groups is 2. The number of aromatic carboxylic acids is 1. The quantitative estimate of drug-likeness (QED) is 0.296. The lowest BCUT2D eigenvalue weighted by atomic mass is 10.0. The molecule has 7 heteroatoms. The third-order valence-electron chi connectivity index (χ3n) is 5.27. The van der Waals surface area contributed by atoms with Crippen LogP contribution in [0.1, 0.15) is 38.6 Å². The summed E-state index contributed by atoms with van der Waals surface area (Å²) in [4.78, 5) is 28.4. The predicted molar refractivity (Wildman–Crippen MR) is 135 cm³/mol. The smallest absolute Gasteiger partial charge is 0.348 e. The summed E-state index contributed by atoms with van der Waals surface area (Å²) >= 11 is 13.5. The molecule has 0 bridgehead atoms. The predicted octanol–water partition coefficient (Wildman–Crippen LogP) is 7.83. The number of hydrogen-bond donors (Lipinski definition) is 1. The van der Waals surface area contributed by atoms with Gasteiger partial charge in [-0.1, -0.05) is 83.9 Å². The minimum Gasteiger partial charge on any atom is -0.477 e.